The Balaban J connectivity index is 1.58. The van der Waals surface area contributed by atoms with Crippen molar-refractivity contribution in [3.63, 3.8) is 0 Å². The minimum atomic E-state index is -0.833. The lowest BCUT2D eigenvalue weighted by Crippen LogP contribution is -2.35. The molecule has 1 aliphatic heterocycles. The van der Waals surface area contributed by atoms with Gasteiger partial charge in [-0.1, -0.05) is 5.16 Å². The molecule has 2 fully saturated rings. The lowest BCUT2D eigenvalue weighted by Gasteiger charge is -2.21. The van der Waals surface area contributed by atoms with Crippen molar-refractivity contribution in [1.29, 1.82) is 5.26 Å². The summed E-state index contributed by atoms with van der Waals surface area (Å²) in [6.07, 6.45) is 4.19. The van der Waals surface area contributed by atoms with Gasteiger partial charge in [-0.05, 0) is 38.2 Å². The molecule has 1 amide bonds. The summed E-state index contributed by atoms with van der Waals surface area (Å²) in [5.74, 6) is 1.98. The van der Waals surface area contributed by atoms with Crippen molar-refractivity contribution < 1.29 is 9.32 Å². The number of nitriles is 1. The van der Waals surface area contributed by atoms with E-state index in [0.717, 1.165) is 18.5 Å². The zero-order valence-electron chi connectivity index (χ0n) is 13.3. The molecule has 0 radical (unpaired) electrons. The van der Waals surface area contributed by atoms with Gasteiger partial charge in [-0.2, -0.15) is 5.26 Å². The molecule has 3 heterocycles. The van der Waals surface area contributed by atoms with Crippen LogP contribution in [0.2, 0.25) is 0 Å². The number of aryl methyl sites for hydroxylation is 1. The molecular formula is C17H17N5O2. The van der Waals surface area contributed by atoms with Crippen LogP contribution in [0.3, 0.4) is 0 Å². The summed E-state index contributed by atoms with van der Waals surface area (Å²) in [6, 6.07) is 7.65. The number of hydrogen-bond acceptors (Lipinski definition) is 6. The van der Waals surface area contributed by atoms with E-state index in [1.54, 1.807) is 29.3 Å². The Morgan fingerprint density at radius 3 is 2.92 bits per heavy atom. The summed E-state index contributed by atoms with van der Waals surface area (Å²) in [7, 11) is 0. The Morgan fingerprint density at radius 2 is 2.25 bits per heavy atom. The Labute approximate surface area is 139 Å². The maximum Gasteiger partial charge on any atom is 0.247 e. The third-order valence-corrected chi connectivity index (χ3v) is 4.77. The molecule has 7 heteroatoms. The zero-order chi connectivity index (χ0) is 16.7. The van der Waals surface area contributed by atoms with Crippen LogP contribution in [0.4, 0.5) is 17.3 Å². The summed E-state index contributed by atoms with van der Waals surface area (Å²) in [6.45, 7) is 2.37. The monoisotopic (exact) mass is 323 g/mol. The number of hydrogen-bond donors (Lipinski definition) is 1. The first-order valence-electron chi connectivity index (χ1n) is 8.02. The van der Waals surface area contributed by atoms with Gasteiger partial charge >= 0.3 is 0 Å². The number of pyridine rings is 1. The summed E-state index contributed by atoms with van der Waals surface area (Å²) >= 11 is 0. The van der Waals surface area contributed by atoms with Crippen LogP contribution in [0.1, 0.15) is 25.0 Å². The molecule has 1 saturated heterocycles. The molecule has 0 bridgehead atoms. The third kappa shape index (κ3) is 2.31. The summed E-state index contributed by atoms with van der Waals surface area (Å²) in [5, 5.41) is 16.5. The minimum Gasteiger partial charge on any atom is -0.360 e. The van der Waals surface area contributed by atoms with Crippen molar-refractivity contribution in [2.75, 3.05) is 16.8 Å². The first-order chi connectivity index (χ1) is 11.6. The van der Waals surface area contributed by atoms with Gasteiger partial charge in [-0.3, -0.25) is 4.79 Å². The highest BCUT2D eigenvalue weighted by Gasteiger charge is 2.56. The van der Waals surface area contributed by atoms with Gasteiger partial charge in [0.05, 0.1) is 6.07 Å². The van der Waals surface area contributed by atoms with Gasteiger partial charge in [-0.15, -0.1) is 0 Å². The van der Waals surface area contributed by atoms with E-state index in [1.807, 2.05) is 6.92 Å². The highest BCUT2D eigenvalue weighted by Crippen LogP contribution is 2.51. The van der Waals surface area contributed by atoms with Crippen molar-refractivity contribution in [3.05, 3.63) is 30.2 Å². The predicted molar refractivity (Wildman–Crippen MR) is 86.5 cm³/mol. The average molecular weight is 323 g/mol. The second-order valence-corrected chi connectivity index (χ2v) is 6.41. The molecule has 2 aromatic rings. The number of carbonyl (C=O) groups excluding carboxylic acids is 1. The fourth-order valence-corrected chi connectivity index (χ4v) is 3.35. The van der Waals surface area contributed by atoms with Gasteiger partial charge in [-0.25, -0.2) is 4.98 Å². The van der Waals surface area contributed by atoms with Crippen LogP contribution in [-0.4, -0.2) is 22.6 Å². The van der Waals surface area contributed by atoms with Crippen LogP contribution < -0.4 is 10.2 Å². The highest BCUT2D eigenvalue weighted by molar-refractivity contribution is 6.02. The normalized spacial score (nSPS) is 23.3. The first kappa shape index (κ1) is 14.7. The largest absolute Gasteiger partial charge is 0.360 e. The molecule has 0 spiro atoms. The minimum absolute atomic E-state index is 0.0815. The molecule has 1 saturated carbocycles. The number of amides is 1. The smallest absolute Gasteiger partial charge is 0.247 e. The van der Waals surface area contributed by atoms with Crippen LogP contribution in [-0.2, 0) is 4.79 Å². The number of carbonyl (C=O) groups is 1. The molecule has 2 aliphatic rings. The Morgan fingerprint density at radius 1 is 1.42 bits per heavy atom. The molecule has 1 N–H and O–H groups in total. The van der Waals surface area contributed by atoms with Crippen molar-refractivity contribution in [2.24, 2.45) is 11.3 Å². The molecule has 0 aromatic carbocycles. The maximum atomic E-state index is 12.8. The summed E-state index contributed by atoms with van der Waals surface area (Å²) in [4.78, 5) is 18.8. The summed E-state index contributed by atoms with van der Waals surface area (Å²) < 4.78 is 5.02. The molecule has 1 atom stereocenters. The number of nitrogens with one attached hydrogen (secondary N) is 1. The first-order valence-corrected chi connectivity index (χ1v) is 8.02. The number of rotatable bonds is 4. The Bertz CT molecular complexity index is 836. The fraction of sp³-hybridized carbons (Fsp3) is 0.412. The van der Waals surface area contributed by atoms with E-state index in [4.69, 9.17) is 4.52 Å². The van der Waals surface area contributed by atoms with Gasteiger partial charge in [0.2, 0.25) is 5.91 Å². The molecule has 0 unspecified atom stereocenters. The SMILES string of the molecule is Cc1cc(Nc2cc(N3CC[C@@](C#N)(C4CC4)C3=O)ccn2)no1. The molecular weight excluding hydrogens is 306 g/mol. The van der Waals surface area contributed by atoms with E-state index >= 15 is 0 Å². The maximum absolute atomic E-state index is 12.8. The van der Waals surface area contributed by atoms with E-state index in [0.29, 0.717) is 30.4 Å². The van der Waals surface area contributed by atoms with E-state index in [9.17, 15) is 10.1 Å². The van der Waals surface area contributed by atoms with E-state index in [-0.39, 0.29) is 11.8 Å². The number of nitrogens with zero attached hydrogens (tertiary/aromatic N) is 4. The van der Waals surface area contributed by atoms with Crippen LogP contribution >= 0.6 is 0 Å². The van der Waals surface area contributed by atoms with Crippen LogP contribution in [0, 0.1) is 29.6 Å². The van der Waals surface area contributed by atoms with E-state index < -0.39 is 5.41 Å². The van der Waals surface area contributed by atoms with E-state index in [1.165, 1.54) is 0 Å². The second kappa shape index (κ2) is 5.34. The predicted octanol–water partition coefficient (Wildman–Crippen LogP) is 2.78. The van der Waals surface area contributed by atoms with Crippen molar-refractivity contribution in [3.8, 4) is 6.07 Å². The van der Waals surface area contributed by atoms with Gasteiger partial charge in [0.25, 0.3) is 0 Å². The molecule has 1 aliphatic carbocycles. The molecule has 4 rings (SSSR count). The zero-order valence-corrected chi connectivity index (χ0v) is 13.3. The standard InChI is InChI=1S/C17H17N5O2/c1-11-8-15(21-24-11)20-14-9-13(4-6-19-14)22-7-5-17(10-18,16(22)23)12-2-3-12/h4,6,8-9,12H,2-3,5,7H2,1H3,(H,19,20,21)/t17-/m1/s1. The lowest BCUT2D eigenvalue weighted by atomic mass is 9.83. The van der Waals surface area contributed by atoms with Crippen molar-refractivity contribution in [2.45, 2.75) is 26.2 Å². The molecule has 24 heavy (non-hydrogen) atoms. The van der Waals surface area contributed by atoms with Crippen molar-refractivity contribution >= 4 is 23.2 Å². The fourth-order valence-electron chi connectivity index (χ4n) is 3.35. The van der Waals surface area contributed by atoms with E-state index in [2.05, 4.69) is 21.5 Å². The van der Waals surface area contributed by atoms with Gasteiger partial charge in [0, 0.05) is 30.6 Å². The van der Waals surface area contributed by atoms with Gasteiger partial charge < -0.3 is 14.7 Å². The molecule has 2 aromatic heterocycles. The topological polar surface area (TPSA) is 95.1 Å². The van der Waals surface area contributed by atoms with Crippen LogP contribution in [0.5, 0.6) is 0 Å². The quantitative estimate of drug-likeness (QED) is 0.929. The summed E-state index contributed by atoms with van der Waals surface area (Å²) in [5.41, 5.74) is -0.0874. The third-order valence-electron chi connectivity index (χ3n) is 4.77. The number of aromatic nitrogens is 2. The highest BCUT2D eigenvalue weighted by atomic mass is 16.5. The average Bonchev–Trinajstić information content (AvgIpc) is 3.27. The molecule has 122 valence electrons. The van der Waals surface area contributed by atoms with Crippen molar-refractivity contribution in [1.82, 2.24) is 10.1 Å². The van der Waals surface area contributed by atoms with Crippen LogP contribution in [0.25, 0.3) is 0 Å². The Kier molecular flexibility index (Phi) is 3.27. The second-order valence-electron chi connectivity index (χ2n) is 6.41. The van der Waals surface area contributed by atoms with Crippen LogP contribution in [0.15, 0.2) is 28.9 Å². The number of anilines is 3. The lowest BCUT2D eigenvalue weighted by molar-refractivity contribution is -0.123. The molecule has 7 nitrogen and oxygen atoms in total. The van der Waals surface area contributed by atoms with Gasteiger partial charge in [0.15, 0.2) is 5.82 Å². The Hall–Kier alpha value is -2.88. The van der Waals surface area contributed by atoms with Gasteiger partial charge in [0.1, 0.15) is 17.0 Å².